The second-order valence-corrected chi connectivity index (χ2v) is 5.45. The molecule has 0 saturated heterocycles. The number of anilines is 2. The molecule has 0 aromatic heterocycles. The molecule has 2 rings (SSSR count). The van der Waals surface area contributed by atoms with Crippen LogP contribution in [0.3, 0.4) is 0 Å². The molecule has 98 valence electrons. The first-order valence-electron chi connectivity index (χ1n) is 5.43. The van der Waals surface area contributed by atoms with Gasteiger partial charge in [0.15, 0.2) is 0 Å². The minimum Gasteiger partial charge on any atom is -0.324 e. The third-order valence-corrected chi connectivity index (χ3v) is 3.48. The third-order valence-electron chi connectivity index (χ3n) is 2.49. The van der Waals surface area contributed by atoms with E-state index < -0.39 is 0 Å². The molecule has 0 aliphatic carbocycles. The molecule has 6 heteroatoms. The minimum atomic E-state index is -0.216. The van der Waals surface area contributed by atoms with Crippen molar-refractivity contribution in [2.24, 2.45) is 5.84 Å². The summed E-state index contributed by atoms with van der Waals surface area (Å²) in [5.41, 5.74) is 4.37. The summed E-state index contributed by atoms with van der Waals surface area (Å²) in [5.74, 6) is 5.05. The van der Waals surface area contributed by atoms with Crippen molar-refractivity contribution in [3.63, 3.8) is 0 Å². The van der Waals surface area contributed by atoms with Crippen LogP contribution in [0, 0.1) is 3.57 Å². The first kappa shape index (κ1) is 14.1. The smallest absolute Gasteiger partial charge is 0.255 e. The fourth-order valence-electron chi connectivity index (χ4n) is 1.50. The normalized spacial score (nSPS) is 10.1. The van der Waals surface area contributed by atoms with E-state index >= 15 is 0 Å². The molecule has 0 unspecified atom stereocenters. The van der Waals surface area contributed by atoms with Gasteiger partial charge in [-0.15, -0.1) is 0 Å². The van der Waals surface area contributed by atoms with Gasteiger partial charge in [-0.3, -0.25) is 10.6 Å². The molecule has 2 aromatic carbocycles. The van der Waals surface area contributed by atoms with Gasteiger partial charge < -0.3 is 10.7 Å². The zero-order valence-corrected chi connectivity index (χ0v) is 12.7. The summed E-state index contributed by atoms with van der Waals surface area (Å²) in [6.45, 7) is 0. The van der Waals surface area contributed by atoms with Crippen molar-refractivity contribution in [1.82, 2.24) is 0 Å². The average molecular weight is 388 g/mol. The van der Waals surface area contributed by atoms with Gasteiger partial charge in [-0.2, -0.15) is 0 Å². The van der Waals surface area contributed by atoms with E-state index in [0.717, 1.165) is 9.26 Å². The number of carbonyl (C=O) groups excluding carboxylic acids is 1. The van der Waals surface area contributed by atoms with Crippen molar-refractivity contribution in [2.75, 3.05) is 10.7 Å². The number of benzene rings is 2. The highest BCUT2D eigenvalue weighted by Crippen LogP contribution is 2.24. The van der Waals surface area contributed by atoms with Crippen molar-refractivity contribution < 1.29 is 4.79 Å². The minimum absolute atomic E-state index is 0.216. The zero-order chi connectivity index (χ0) is 13.8. The van der Waals surface area contributed by atoms with Gasteiger partial charge in [0.2, 0.25) is 0 Å². The van der Waals surface area contributed by atoms with Gasteiger partial charge >= 0.3 is 0 Å². The summed E-state index contributed by atoms with van der Waals surface area (Å²) in [5, 5.41) is 3.28. The Morgan fingerprint density at radius 3 is 2.42 bits per heavy atom. The summed E-state index contributed by atoms with van der Waals surface area (Å²) < 4.78 is 1.01. The van der Waals surface area contributed by atoms with Crippen LogP contribution in [-0.2, 0) is 0 Å². The van der Waals surface area contributed by atoms with Gasteiger partial charge in [-0.1, -0.05) is 11.6 Å². The van der Waals surface area contributed by atoms with Gasteiger partial charge in [0, 0.05) is 14.8 Å². The van der Waals surface area contributed by atoms with E-state index in [1.165, 1.54) is 0 Å². The second kappa shape index (κ2) is 6.23. The van der Waals surface area contributed by atoms with Crippen molar-refractivity contribution in [2.45, 2.75) is 0 Å². The Kier molecular flexibility index (Phi) is 4.62. The van der Waals surface area contributed by atoms with Crippen LogP contribution in [0.25, 0.3) is 0 Å². The summed E-state index contributed by atoms with van der Waals surface area (Å²) >= 11 is 8.22. The van der Waals surface area contributed by atoms with Crippen LogP contribution in [0.15, 0.2) is 42.5 Å². The summed E-state index contributed by atoms with van der Waals surface area (Å²) in [6, 6.07) is 12.3. The van der Waals surface area contributed by atoms with Crippen LogP contribution >= 0.6 is 34.2 Å². The molecule has 0 aliphatic heterocycles. The van der Waals surface area contributed by atoms with Crippen molar-refractivity contribution in [1.29, 1.82) is 0 Å². The van der Waals surface area contributed by atoms with E-state index in [0.29, 0.717) is 16.3 Å². The molecule has 0 aliphatic rings. The second-order valence-electron chi connectivity index (χ2n) is 3.80. The molecule has 0 radical (unpaired) electrons. The molecule has 0 heterocycles. The largest absolute Gasteiger partial charge is 0.324 e. The molecular weight excluding hydrogens is 377 g/mol. The summed E-state index contributed by atoms with van der Waals surface area (Å²) in [7, 11) is 0. The first-order valence-corrected chi connectivity index (χ1v) is 6.89. The molecule has 0 saturated carbocycles. The third kappa shape index (κ3) is 3.59. The molecule has 1 amide bonds. The predicted octanol–water partition coefficient (Wildman–Crippen LogP) is 3.48. The van der Waals surface area contributed by atoms with Gasteiger partial charge in [-0.25, -0.2) is 0 Å². The first-order chi connectivity index (χ1) is 9.10. The van der Waals surface area contributed by atoms with E-state index in [4.69, 9.17) is 17.4 Å². The van der Waals surface area contributed by atoms with Crippen LogP contribution in [0.1, 0.15) is 10.4 Å². The quantitative estimate of drug-likeness (QED) is 0.429. The highest BCUT2D eigenvalue weighted by molar-refractivity contribution is 14.1. The number of amides is 1. The Hall–Kier alpha value is -1.31. The van der Waals surface area contributed by atoms with E-state index in [1.807, 2.05) is 6.07 Å². The predicted molar refractivity (Wildman–Crippen MR) is 86.4 cm³/mol. The molecule has 0 atom stereocenters. The number of rotatable bonds is 3. The van der Waals surface area contributed by atoms with Crippen molar-refractivity contribution in [3.05, 3.63) is 56.6 Å². The number of carbonyl (C=O) groups is 1. The maximum Gasteiger partial charge on any atom is 0.255 e. The zero-order valence-electron chi connectivity index (χ0n) is 9.78. The van der Waals surface area contributed by atoms with E-state index in [-0.39, 0.29) is 5.91 Å². The lowest BCUT2D eigenvalue weighted by molar-refractivity contribution is 0.102. The maximum atomic E-state index is 12.0. The van der Waals surface area contributed by atoms with Gasteiger partial charge in [0.25, 0.3) is 5.91 Å². The SMILES string of the molecule is NNc1ccc(C(=O)Nc2ccc(I)cc2Cl)cc1. The molecular formula is C13H11ClIN3O. The number of hydrazine groups is 1. The number of nitrogens with one attached hydrogen (secondary N) is 2. The van der Waals surface area contributed by atoms with Gasteiger partial charge in [0.05, 0.1) is 10.7 Å². The fourth-order valence-corrected chi connectivity index (χ4v) is 2.41. The van der Waals surface area contributed by atoms with Crippen molar-refractivity contribution in [3.8, 4) is 0 Å². The van der Waals surface area contributed by atoms with Crippen molar-refractivity contribution >= 4 is 51.5 Å². The summed E-state index contributed by atoms with van der Waals surface area (Å²) in [6.07, 6.45) is 0. The number of hydrogen-bond donors (Lipinski definition) is 3. The van der Waals surface area contributed by atoms with E-state index in [1.54, 1.807) is 36.4 Å². The Morgan fingerprint density at radius 2 is 1.84 bits per heavy atom. The Bertz CT molecular complexity index is 601. The average Bonchev–Trinajstić information content (AvgIpc) is 2.42. The van der Waals surface area contributed by atoms with Crippen LogP contribution in [-0.4, -0.2) is 5.91 Å². The van der Waals surface area contributed by atoms with Crippen LogP contribution in [0.5, 0.6) is 0 Å². The molecule has 0 fully saturated rings. The highest BCUT2D eigenvalue weighted by atomic mass is 127. The molecule has 0 bridgehead atoms. The number of hydrogen-bond acceptors (Lipinski definition) is 3. The van der Waals surface area contributed by atoms with E-state index in [2.05, 4.69) is 33.3 Å². The highest BCUT2D eigenvalue weighted by Gasteiger charge is 2.08. The number of halogens is 2. The lowest BCUT2D eigenvalue weighted by Gasteiger charge is -2.08. The molecule has 19 heavy (non-hydrogen) atoms. The monoisotopic (exact) mass is 387 g/mol. The standard InChI is InChI=1S/C13H11ClIN3O/c14-11-7-9(15)3-6-12(11)17-13(19)8-1-4-10(18-16)5-2-8/h1-7,18H,16H2,(H,17,19). The molecule has 4 nitrogen and oxygen atoms in total. The molecule has 0 spiro atoms. The Labute approximate surface area is 129 Å². The lowest BCUT2D eigenvalue weighted by atomic mass is 10.2. The fraction of sp³-hybridized carbons (Fsp3) is 0. The van der Waals surface area contributed by atoms with Crippen LogP contribution in [0.2, 0.25) is 5.02 Å². The number of nitrogens with two attached hydrogens (primary N) is 1. The van der Waals surface area contributed by atoms with Crippen LogP contribution < -0.4 is 16.6 Å². The van der Waals surface area contributed by atoms with Gasteiger partial charge in [-0.05, 0) is 65.1 Å². The Balaban J connectivity index is 2.15. The lowest BCUT2D eigenvalue weighted by Crippen LogP contribution is -2.13. The Morgan fingerprint density at radius 1 is 1.16 bits per heavy atom. The molecule has 2 aromatic rings. The van der Waals surface area contributed by atoms with Gasteiger partial charge in [0.1, 0.15) is 0 Å². The maximum absolute atomic E-state index is 12.0. The topological polar surface area (TPSA) is 67.1 Å². The summed E-state index contributed by atoms with van der Waals surface area (Å²) in [4.78, 5) is 12.0. The van der Waals surface area contributed by atoms with Crippen LogP contribution in [0.4, 0.5) is 11.4 Å². The number of nitrogen functional groups attached to an aromatic ring is 1. The van der Waals surface area contributed by atoms with E-state index in [9.17, 15) is 4.79 Å². The molecule has 4 N–H and O–H groups in total.